The predicted octanol–water partition coefficient (Wildman–Crippen LogP) is 1.82. The van der Waals surface area contributed by atoms with Gasteiger partial charge in [-0.25, -0.2) is 8.42 Å². The molecule has 1 amide bonds. The van der Waals surface area contributed by atoms with Crippen LogP contribution in [0.1, 0.15) is 5.01 Å². The van der Waals surface area contributed by atoms with Crippen molar-refractivity contribution in [1.82, 2.24) is 14.5 Å². The molecule has 0 fully saturated rings. The van der Waals surface area contributed by atoms with Gasteiger partial charge in [0.2, 0.25) is 11.0 Å². The fourth-order valence-corrected chi connectivity index (χ4v) is 4.81. The van der Waals surface area contributed by atoms with Crippen molar-refractivity contribution in [2.75, 3.05) is 18.9 Å². The first-order valence-corrected chi connectivity index (χ1v) is 9.06. The number of halogens is 1. The van der Waals surface area contributed by atoms with E-state index in [0.717, 1.165) is 15.6 Å². The summed E-state index contributed by atoms with van der Waals surface area (Å²) in [7, 11) is -2.40. The van der Waals surface area contributed by atoms with Crippen LogP contribution in [0.5, 0.6) is 0 Å². The van der Waals surface area contributed by atoms with E-state index in [4.69, 9.17) is 11.6 Å². The van der Waals surface area contributed by atoms with Gasteiger partial charge < -0.3 is 0 Å². The number of likely N-dealkylation sites (N-methyl/N-ethyl adjacent to an activating group) is 1. The summed E-state index contributed by atoms with van der Waals surface area (Å²) in [6, 6.07) is 2.90. The number of amides is 1. The van der Waals surface area contributed by atoms with E-state index >= 15 is 0 Å². The lowest BCUT2D eigenvalue weighted by molar-refractivity contribution is -0.116. The van der Waals surface area contributed by atoms with Gasteiger partial charge in [0.05, 0.1) is 10.9 Å². The van der Waals surface area contributed by atoms with Crippen LogP contribution in [0.4, 0.5) is 5.13 Å². The van der Waals surface area contributed by atoms with Crippen molar-refractivity contribution in [3.63, 3.8) is 0 Å². The lowest BCUT2D eigenvalue weighted by Gasteiger charge is -2.14. The first-order valence-electron chi connectivity index (χ1n) is 5.60. The maximum Gasteiger partial charge on any atom is 0.252 e. The zero-order valence-electron chi connectivity index (χ0n) is 11.0. The SMILES string of the molecule is Cc1nnc(NC(=O)CN(C)S(=O)(=O)c2ccc(Cl)s2)s1. The standard InChI is InChI=1S/C10H11ClN4O3S3/c1-6-13-14-10(19-6)12-8(16)5-15(2)21(17,18)9-4-3-7(11)20-9/h3-4H,5H2,1-2H3,(H,12,14,16). The molecule has 2 heterocycles. The van der Waals surface area contributed by atoms with Crippen molar-refractivity contribution in [3.05, 3.63) is 21.5 Å². The van der Waals surface area contributed by atoms with Crippen molar-refractivity contribution in [2.45, 2.75) is 11.1 Å². The molecule has 0 aliphatic carbocycles. The van der Waals surface area contributed by atoms with Gasteiger partial charge in [-0.3, -0.25) is 10.1 Å². The Morgan fingerprint density at radius 1 is 1.38 bits per heavy atom. The molecule has 2 aromatic rings. The number of hydrogen-bond acceptors (Lipinski definition) is 7. The van der Waals surface area contributed by atoms with Gasteiger partial charge in [-0.1, -0.05) is 22.9 Å². The van der Waals surface area contributed by atoms with Gasteiger partial charge >= 0.3 is 0 Å². The minimum atomic E-state index is -3.73. The average molecular weight is 367 g/mol. The second-order valence-electron chi connectivity index (χ2n) is 3.99. The second-order valence-corrected chi connectivity index (χ2v) is 9.16. The highest BCUT2D eigenvalue weighted by Crippen LogP contribution is 2.27. The van der Waals surface area contributed by atoms with Crippen molar-refractivity contribution in [2.24, 2.45) is 0 Å². The number of anilines is 1. The van der Waals surface area contributed by atoms with Crippen molar-refractivity contribution >= 4 is 55.3 Å². The summed E-state index contributed by atoms with van der Waals surface area (Å²) < 4.78 is 25.8. The van der Waals surface area contributed by atoms with Gasteiger partial charge in [0.1, 0.15) is 9.22 Å². The molecule has 0 spiro atoms. The molecule has 0 radical (unpaired) electrons. The van der Waals surface area contributed by atoms with Crippen LogP contribution >= 0.6 is 34.3 Å². The Labute approximate surface area is 134 Å². The number of carbonyl (C=O) groups is 1. The van der Waals surface area contributed by atoms with Crippen molar-refractivity contribution in [1.29, 1.82) is 0 Å². The van der Waals surface area contributed by atoms with Crippen LogP contribution in [-0.2, 0) is 14.8 Å². The summed E-state index contributed by atoms with van der Waals surface area (Å²) in [5.41, 5.74) is 0. The lowest BCUT2D eigenvalue weighted by atomic mass is 10.6. The number of nitrogens with zero attached hydrogens (tertiary/aromatic N) is 3. The summed E-state index contributed by atoms with van der Waals surface area (Å²) in [5.74, 6) is -0.486. The number of hydrogen-bond donors (Lipinski definition) is 1. The fourth-order valence-electron chi connectivity index (χ4n) is 1.38. The van der Waals surface area contributed by atoms with E-state index in [1.165, 1.54) is 30.5 Å². The van der Waals surface area contributed by atoms with Crippen LogP contribution in [0, 0.1) is 6.92 Å². The Kier molecular flexibility index (Phi) is 4.94. The van der Waals surface area contributed by atoms with Gasteiger partial charge in [0.15, 0.2) is 0 Å². The first kappa shape index (κ1) is 16.3. The van der Waals surface area contributed by atoms with E-state index in [1.54, 1.807) is 6.92 Å². The molecule has 21 heavy (non-hydrogen) atoms. The van der Waals surface area contributed by atoms with Crippen molar-refractivity contribution in [3.8, 4) is 0 Å². The molecule has 114 valence electrons. The van der Waals surface area contributed by atoms with E-state index in [2.05, 4.69) is 15.5 Å². The summed E-state index contributed by atoms with van der Waals surface area (Å²) in [5, 5.41) is 11.0. The summed E-state index contributed by atoms with van der Waals surface area (Å²) in [4.78, 5) is 11.8. The Morgan fingerprint density at radius 2 is 2.10 bits per heavy atom. The van der Waals surface area contributed by atoms with E-state index in [0.29, 0.717) is 14.5 Å². The molecule has 0 saturated carbocycles. The number of carbonyl (C=O) groups excluding carboxylic acids is 1. The van der Waals surface area contributed by atoms with Gasteiger partial charge in [-0.05, 0) is 19.1 Å². The Balaban J connectivity index is 2.03. The van der Waals surface area contributed by atoms with Crippen LogP contribution in [0.25, 0.3) is 0 Å². The second kappa shape index (κ2) is 6.36. The molecule has 0 aliphatic heterocycles. The minimum Gasteiger partial charge on any atom is -0.299 e. The van der Waals surface area contributed by atoms with E-state index in [1.807, 2.05) is 0 Å². The topological polar surface area (TPSA) is 92.3 Å². The van der Waals surface area contributed by atoms with E-state index in [9.17, 15) is 13.2 Å². The number of sulfonamides is 1. The average Bonchev–Trinajstić information content (AvgIpc) is 2.98. The van der Waals surface area contributed by atoms with Crippen LogP contribution < -0.4 is 5.32 Å². The molecule has 11 heteroatoms. The van der Waals surface area contributed by atoms with Crippen LogP contribution in [-0.4, -0.2) is 42.4 Å². The third kappa shape index (κ3) is 3.98. The molecule has 0 atom stereocenters. The summed E-state index contributed by atoms with van der Waals surface area (Å²) in [6.07, 6.45) is 0. The minimum absolute atomic E-state index is 0.0922. The monoisotopic (exact) mass is 366 g/mol. The largest absolute Gasteiger partial charge is 0.299 e. The molecule has 0 aromatic carbocycles. The van der Waals surface area contributed by atoms with E-state index in [-0.39, 0.29) is 10.8 Å². The number of aromatic nitrogens is 2. The summed E-state index contributed by atoms with van der Waals surface area (Å²) >= 11 is 7.88. The predicted molar refractivity (Wildman–Crippen MR) is 82.4 cm³/mol. The molecule has 0 aliphatic rings. The number of nitrogens with one attached hydrogen (secondary N) is 1. The molecular weight excluding hydrogens is 356 g/mol. The highest BCUT2D eigenvalue weighted by molar-refractivity contribution is 7.91. The Morgan fingerprint density at radius 3 is 2.62 bits per heavy atom. The van der Waals surface area contributed by atoms with Gasteiger partial charge in [-0.15, -0.1) is 21.5 Å². The molecular formula is C10H11ClN4O3S3. The van der Waals surface area contributed by atoms with Crippen LogP contribution in [0.15, 0.2) is 16.3 Å². The third-order valence-electron chi connectivity index (χ3n) is 2.35. The Hall–Kier alpha value is -1.07. The van der Waals surface area contributed by atoms with Crippen LogP contribution in [0.2, 0.25) is 4.34 Å². The number of aryl methyl sites for hydroxylation is 1. The number of thiophene rings is 1. The lowest BCUT2D eigenvalue weighted by Crippen LogP contribution is -2.34. The smallest absolute Gasteiger partial charge is 0.252 e. The zero-order valence-corrected chi connectivity index (χ0v) is 14.2. The van der Waals surface area contributed by atoms with Crippen molar-refractivity contribution < 1.29 is 13.2 Å². The maximum absolute atomic E-state index is 12.2. The molecule has 0 saturated heterocycles. The zero-order chi connectivity index (χ0) is 15.6. The molecule has 1 N–H and O–H groups in total. The third-order valence-corrected chi connectivity index (χ3v) is 6.61. The highest BCUT2D eigenvalue weighted by atomic mass is 35.5. The quantitative estimate of drug-likeness (QED) is 0.871. The van der Waals surface area contributed by atoms with E-state index < -0.39 is 15.9 Å². The van der Waals surface area contributed by atoms with Crippen LogP contribution in [0.3, 0.4) is 0 Å². The Bertz CT molecular complexity index is 755. The summed E-state index contributed by atoms with van der Waals surface area (Å²) in [6.45, 7) is 1.43. The van der Waals surface area contributed by atoms with Gasteiger partial charge in [-0.2, -0.15) is 4.31 Å². The maximum atomic E-state index is 12.2. The molecule has 0 bridgehead atoms. The van der Waals surface area contributed by atoms with Gasteiger partial charge in [0, 0.05) is 7.05 Å². The fraction of sp³-hybridized carbons (Fsp3) is 0.300. The van der Waals surface area contributed by atoms with Gasteiger partial charge in [0.25, 0.3) is 10.0 Å². The highest BCUT2D eigenvalue weighted by Gasteiger charge is 2.25. The molecule has 2 rings (SSSR count). The number of rotatable bonds is 5. The normalized spacial score (nSPS) is 11.8. The molecule has 7 nitrogen and oxygen atoms in total. The molecule has 2 aromatic heterocycles. The first-order chi connectivity index (χ1) is 9.79. The molecule has 0 unspecified atom stereocenters.